The molecule has 0 saturated heterocycles. The van der Waals surface area contributed by atoms with Gasteiger partial charge in [0.2, 0.25) is 0 Å². The van der Waals surface area contributed by atoms with Crippen LogP contribution < -0.4 is 0 Å². The van der Waals surface area contributed by atoms with Crippen LogP contribution in [0.5, 0.6) is 5.75 Å². The number of fused-ring (bicyclic) bond motifs is 3. The van der Waals surface area contributed by atoms with Crippen LogP contribution in [0.4, 0.5) is 0 Å². The summed E-state index contributed by atoms with van der Waals surface area (Å²) in [5, 5.41) is 10.4. The Balaban J connectivity index is 2.20. The standard InChI is InChI=1S/C20H28O2/c1-12(2)13-9-14-15(10-16(13)21)20(5)8-6-7-19(3,4)18(20)11-17(14)22/h9-10,12,18,21H,6-8,11H2,1-5H3/t18-,20-/m1/s1. The molecule has 0 amide bonds. The molecule has 1 N–H and O–H groups in total. The van der Waals surface area contributed by atoms with E-state index < -0.39 is 0 Å². The highest BCUT2D eigenvalue weighted by Crippen LogP contribution is 2.57. The van der Waals surface area contributed by atoms with Gasteiger partial charge in [0.1, 0.15) is 5.75 Å². The van der Waals surface area contributed by atoms with Gasteiger partial charge in [0.05, 0.1) is 0 Å². The number of rotatable bonds is 1. The number of ketones is 1. The van der Waals surface area contributed by atoms with Gasteiger partial charge in [-0.05, 0) is 58.8 Å². The molecule has 0 radical (unpaired) electrons. The van der Waals surface area contributed by atoms with Gasteiger partial charge in [-0.15, -0.1) is 0 Å². The molecule has 0 unspecified atom stereocenters. The molecule has 1 aromatic carbocycles. The molecule has 0 aliphatic heterocycles. The fourth-order valence-electron chi connectivity index (χ4n) is 5.01. The second kappa shape index (κ2) is 4.84. The molecule has 1 fully saturated rings. The topological polar surface area (TPSA) is 37.3 Å². The lowest BCUT2D eigenvalue weighted by Gasteiger charge is -2.53. The van der Waals surface area contributed by atoms with Gasteiger partial charge >= 0.3 is 0 Å². The molecule has 0 bridgehead atoms. The number of hydrogen-bond donors (Lipinski definition) is 1. The maximum atomic E-state index is 12.8. The molecule has 2 aliphatic carbocycles. The van der Waals surface area contributed by atoms with Crippen molar-refractivity contribution in [1.29, 1.82) is 0 Å². The second-order valence-corrected chi connectivity index (χ2v) is 8.55. The van der Waals surface area contributed by atoms with Gasteiger partial charge in [0.15, 0.2) is 5.78 Å². The Kier molecular flexibility index (Phi) is 3.43. The molecule has 3 rings (SSSR count). The van der Waals surface area contributed by atoms with Crippen LogP contribution in [0.2, 0.25) is 0 Å². The second-order valence-electron chi connectivity index (χ2n) is 8.55. The van der Waals surface area contributed by atoms with Crippen molar-refractivity contribution in [2.24, 2.45) is 11.3 Å². The minimum absolute atomic E-state index is 0.0119. The predicted molar refractivity (Wildman–Crippen MR) is 89.6 cm³/mol. The lowest BCUT2D eigenvalue weighted by Crippen LogP contribution is -2.49. The average molecular weight is 300 g/mol. The summed E-state index contributed by atoms with van der Waals surface area (Å²) < 4.78 is 0. The highest BCUT2D eigenvalue weighted by atomic mass is 16.3. The Labute approximate surface area is 133 Å². The average Bonchev–Trinajstić information content (AvgIpc) is 2.41. The third kappa shape index (κ3) is 2.11. The minimum Gasteiger partial charge on any atom is -0.508 e. The molecule has 0 aromatic heterocycles. The Morgan fingerprint density at radius 1 is 1.18 bits per heavy atom. The van der Waals surface area contributed by atoms with Crippen molar-refractivity contribution < 1.29 is 9.90 Å². The molecule has 2 atom stereocenters. The molecule has 120 valence electrons. The quantitative estimate of drug-likeness (QED) is 0.775. The van der Waals surface area contributed by atoms with Crippen molar-refractivity contribution >= 4 is 5.78 Å². The number of Topliss-reactive ketones (excluding diaryl/α,β-unsaturated/α-hetero) is 1. The van der Waals surface area contributed by atoms with E-state index in [9.17, 15) is 9.90 Å². The van der Waals surface area contributed by atoms with Gasteiger partial charge in [-0.2, -0.15) is 0 Å². The van der Waals surface area contributed by atoms with E-state index in [0.717, 1.165) is 23.1 Å². The van der Waals surface area contributed by atoms with Crippen LogP contribution in [0, 0.1) is 11.3 Å². The van der Waals surface area contributed by atoms with E-state index in [1.807, 2.05) is 12.1 Å². The van der Waals surface area contributed by atoms with Crippen LogP contribution in [0.1, 0.15) is 87.7 Å². The molecule has 1 saturated carbocycles. The predicted octanol–water partition coefficient (Wildman–Crippen LogP) is 5.19. The minimum atomic E-state index is 0.0119. The number of benzene rings is 1. The Morgan fingerprint density at radius 3 is 2.50 bits per heavy atom. The highest BCUT2D eigenvalue weighted by molar-refractivity contribution is 6.00. The Bertz CT molecular complexity index is 627. The molecule has 2 aliphatic rings. The first-order valence-electron chi connectivity index (χ1n) is 8.57. The van der Waals surface area contributed by atoms with Crippen molar-refractivity contribution in [1.82, 2.24) is 0 Å². The van der Waals surface area contributed by atoms with Gasteiger partial charge in [-0.3, -0.25) is 4.79 Å². The smallest absolute Gasteiger partial charge is 0.163 e. The summed E-state index contributed by atoms with van der Waals surface area (Å²) in [5.41, 5.74) is 3.04. The lowest BCUT2D eigenvalue weighted by molar-refractivity contribution is 0.0367. The third-order valence-corrected chi connectivity index (χ3v) is 6.32. The maximum absolute atomic E-state index is 12.8. The van der Waals surface area contributed by atoms with Gasteiger partial charge in [0, 0.05) is 12.0 Å². The number of aromatic hydroxyl groups is 1. The van der Waals surface area contributed by atoms with Gasteiger partial charge in [-0.25, -0.2) is 0 Å². The Hall–Kier alpha value is -1.31. The van der Waals surface area contributed by atoms with E-state index >= 15 is 0 Å². The summed E-state index contributed by atoms with van der Waals surface area (Å²) in [5.74, 6) is 1.21. The number of hydrogen-bond acceptors (Lipinski definition) is 2. The lowest BCUT2D eigenvalue weighted by atomic mass is 9.50. The fraction of sp³-hybridized carbons (Fsp3) is 0.650. The number of carbonyl (C=O) groups excluding carboxylic acids is 1. The molecule has 2 heteroatoms. The number of phenolic OH excluding ortho intramolecular Hbond substituents is 1. The maximum Gasteiger partial charge on any atom is 0.163 e. The molecule has 0 spiro atoms. The van der Waals surface area contributed by atoms with E-state index in [1.165, 1.54) is 12.8 Å². The SMILES string of the molecule is CC(C)c1cc2c(cc1O)[C@@]1(C)CCCC(C)(C)[C@H]1CC2=O. The molecular weight excluding hydrogens is 272 g/mol. The largest absolute Gasteiger partial charge is 0.508 e. The third-order valence-electron chi connectivity index (χ3n) is 6.32. The summed E-state index contributed by atoms with van der Waals surface area (Å²) >= 11 is 0. The summed E-state index contributed by atoms with van der Waals surface area (Å²) in [6.45, 7) is 11.0. The van der Waals surface area contributed by atoms with Crippen LogP contribution in [-0.4, -0.2) is 10.9 Å². The van der Waals surface area contributed by atoms with Crippen molar-refractivity contribution in [3.05, 3.63) is 28.8 Å². The van der Waals surface area contributed by atoms with Crippen LogP contribution >= 0.6 is 0 Å². The summed E-state index contributed by atoms with van der Waals surface area (Å²) in [4.78, 5) is 12.8. The number of phenols is 1. The van der Waals surface area contributed by atoms with Gasteiger partial charge in [0.25, 0.3) is 0 Å². The molecule has 22 heavy (non-hydrogen) atoms. The van der Waals surface area contributed by atoms with Crippen molar-refractivity contribution in [3.8, 4) is 5.75 Å². The monoisotopic (exact) mass is 300 g/mol. The van der Waals surface area contributed by atoms with E-state index in [0.29, 0.717) is 18.1 Å². The van der Waals surface area contributed by atoms with Crippen LogP contribution in [-0.2, 0) is 5.41 Å². The first-order chi connectivity index (χ1) is 10.2. The van der Waals surface area contributed by atoms with E-state index in [1.54, 1.807) is 0 Å². The number of carbonyl (C=O) groups is 1. The highest BCUT2D eigenvalue weighted by Gasteiger charge is 2.52. The summed E-state index contributed by atoms with van der Waals surface area (Å²) in [6, 6.07) is 3.86. The van der Waals surface area contributed by atoms with E-state index in [2.05, 4.69) is 34.6 Å². The zero-order valence-corrected chi connectivity index (χ0v) is 14.5. The van der Waals surface area contributed by atoms with Gasteiger partial charge in [-0.1, -0.05) is 41.0 Å². The van der Waals surface area contributed by atoms with Gasteiger partial charge < -0.3 is 5.11 Å². The Morgan fingerprint density at radius 2 is 1.86 bits per heavy atom. The molecule has 1 aromatic rings. The van der Waals surface area contributed by atoms with Crippen molar-refractivity contribution in [3.63, 3.8) is 0 Å². The van der Waals surface area contributed by atoms with E-state index in [-0.39, 0.29) is 22.5 Å². The first kappa shape index (κ1) is 15.6. The zero-order chi connectivity index (χ0) is 16.3. The normalized spacial score (nSPS) is 30.1. The van der Waals surface area contributed by atoms with Crippen molar-refractivity contribution in [2.45, 2.75) is 71.6 Å². The summed E-state index contributed by atoms with van der Waals surface area (Å²) in [6.07, 6.45) is 4.15. The zero-order valence-electron chi connectivity index (χ0n) is 14.5. The molecule has 2 nitrogen and oxygen atoms in total. The van der Waals surface area contributed by atoms with Crippen LogP contribution in [0.15, 0.2) is 12.1 Å². The fourth-order valence-corrected chi connectivity index (χ4v) is 5.01. The molecule has 0 heterocycles. The van der Waals surface area contributed by atoms with Crippen molar-refractivity contribution in [2.75, 3.05) is 0 Å². The van der Waals surface area contributed by atoms with E-state index in [4.69, 9.17) is 0 Å². The molecular formula is C20H28O2. The van der Waals surface area contributed by atoms with Crippen LogP contribution in [0.25, 0.3) is 0 Å². The summed E-state index contributed by atoms with van der Waals surface area (Å²) in [7, 11) is 0. The first-order valence-corrected chi connectivity index (χ1v) is 8.57. The van der Waals surface area contributed by atoms with Crippen LogP contribution in [0.3, 0.4) is 0 Å².